The molecule has 1 aromatic rings. The maximum atomic E-state index is 11.7. The Morgan fingerprint density at radius 2 is 2.10 bits per heavy atom. The van der Waals surface area contributed by atoms with Crippen molar-refractivity contribution in [2.24, 2.45) is 0 Å². The molecule has 0 amide bonds. The lowest BCUT2D eigenvalue weighted by Crippen LogP contribution is -2.11. The van der Waals surface area contributed by atoms with Crippen LogP contribution in [0.15, 0.2) is 23.8 Å². The Hall–Kier alpha value is -2.32. The molecule has 1 rings (SSSR count). The third kappa shape index (κ3) is 4.41. The number of aryl methyl sites for hydroxylation is 1. The lowest BCUT2D eigenvalue weighted by molar-refractivity contribution is -0.139. The summed E-state index contributed by atoms with van der Waals surface area (Å²) in [5, 5.41) is 9.06. The van der Waals surface area contributed by atoms with E-state index in [0.717, 1.165) is 5.56 Å². The Labute approximate surface area is 118 Å². The zero-order valence-corrected chi connectivity index (χ0v) is 11.8. The third-order valence-electron chi connectivity index (χ3n) is 2.55. The summed E-state index contributed by atoms with van der Waals surface area (Å²) in [6.45, 7) is 2.32. The summed E-state index contributed by atoms with van der Waals surface area (Å²) in [6.07, 6.45) is 1.46. The molecule has 0 atom stereocenters. The predicted molar refractivity (Wildman–Crippen MR) is 74.2 cm³/mol. The van der Waals surface area contributed by atoms with Crippen LogP contribution in [0.4, 0.5) is 0 Å². The first-order chi connectivity index (χ1) is 9.62. The molecular weight excluding hydrogens is 258 g/mol. The second-order valence-electron chi connectivity index (χ2n) is 4.04. The van der Waals surface area contributed by atoms with E-state index in [9.17, 15) is 4.79 Å². The van der Waals surface area contributed by atoms with Crippen molar-refractivity contribution in [2.75, 3.05) is 27.4 Å². The second-order valence-corrected chi connectivity index (χ2v) is 4.04. The Kier molecular flexibility index (Phi) is 6.27. The van der Waals surface area contributed by atoms with Gasteiger partial charge in [-0.2, -0.15) is 5.26 Å². The number of carbonyl (C=O) groups is 1. The van der Waals surface area contributed by atoms with Crippen molar-refractivity contribution < 1.29 is 19.0 Å². The molecule has 0 unspecified atom stereocenters. The van der Waals surface area contributed by atoms with Crippen LogP contribution < -0.4 is 4.74 Å². The van der Waals surface area contributed by atoms with Gasteiger partial charge in [-0.05, 0) is 25.1 Å². The van der Waals surface area contributed by atoms with Crippen LogP contribution in [0.1, 0.15) is 11.1 Å². The van der Waals surface area contributed by atoms with Gasteiger partial charge in [0.1, 0.15) is 24.0 Å². The van der Waals surface area contributed by atoms with Crippen molar-refractivity contribution in [1.82, 2.24) is 0 Å². The number of hydrogen-bond acceptors (Lipinski definition) is 5. The summed E-state index contributed by atoms with van der Waals surface area (Å²) in [6, 6.07) is 7.34. The number of nitriles is 1. The average Bonchev–Trinajstić information content (AvgIpc) is 2.45. The third-order valence-corrected chi connectivity index (χ3v) is 2.55. The van der Waals surface area contributed by atoms with Crippen molar-refractivity contribution >= 4 is 12.0 Å². The predicted octanol–water partition coefficient (Wildman–Crippen LogP) is 2.10. The SMILES string of the molecule is COCCOC(=O)/C(C#N)=C/c1cc(C)ccc1OC. The number of methoxy groups -OCH3 is 2. The molecule has 0 radical (unpaired) electrons. The maximum absolute atomic E-state index is 11.7. The zero-order valence-electron chi connectivity index (χ0n) is 11.8. The normalized spacial score (nSPS) is 10.8. The minimum absolute atomic E-state index is 0.0787. The number of ether oxygens (including phenoxy) is 3. The fraction of sp³-hybridized carbons (Fsp3) is 0.333. The maximum Gasteiger partial charge on any atom is 0.348 e. The molecule has 0 N–H and O–H groups in total. The Morgan fingerprint density at radius 3 is 2.70 bits per heavy atom. The van der Waals surface area contributed by atoms with Gasteiger partial charge in [0, 0.05) is 12.7 Å². The molecule has 0 spiro atoms. The van der Waals surface area contributed by atoms with Crippen LogP contribution in [0, 0.1) is 18.3 Å². The molecule has 0 bridgehead atoms. The topological polar surface area (TPSA) is 68.5 Å². The highest BCUT2D eigenvalue weighted by molar-refractivity contribution is 5.98. The lowest BCUT2D eigenvalue weighted by atomic mass is 10.1. The van der Waals surface area contributed by atoms with Gasteiger partial charge in [0.15, 0.2) is 0 Å². The van der Waals surface area contributed by atoms with Gasteiger partial charge in [0.05, 0.1) is 13.7 Å². The van der Waals surface area contributed by atoms with E-state index in [1.54, 1.807) is 6.07 Å². The van der Waals surface area contributed by atoms with E-state index >= 15 is 0 Å². The van der Waals surface area contributed by atoms with Crippen molar-refractivity contribution in [3.8, 4) is 11.8 Å². The fourth-order valence-electron chi connectivity index (χ4n) is 1.55. The molecule has 0 heterocycles. The quantitative estimate of drug-likeness (QED) is 0.344. The van der Waals surface area contributed by atoms with Crippen LogP contribution in [0.3, 0.4) is 0 Å². The molecular formula is C15H17NO4. The summed E-state index contributed by atoms with van der Waals surface area (Å²) < 4.78 is 14.9. The average molecular weight is 275 g/mol. The van der Waals surface area contributed by atoms with E-state index in [4.69, 9.17) is 19.5 Å². The van der Waals surface area contributed by atoms with E-state index in [1.807, 2.05) is 25.1 Å². The van der Waals surface area contributed by atoms with Gasteiger partial charge in [0.2, 0.25) is 0 Å². The number of carbonyl (C=O) groups excluding carboxylic acids is 1. The second kappa shape index (κ2) is 7.97. The van der Waals surface area contributed by atoms with E-state index in [2.05, 4.69) is 0 Å². The van der Waals surface area contributed by atoms with Crippen LogP contribution in [0.25, 0.3) is 6.08 Å². The van der Waals surface area contributed by atoms with Gasteiger partial charge in [-0.3, -0.25) is 0 Å². The fourth-order valence-corrected chi connectivity index (χ4v) is 1.55. The number of nitrogens with zero attached hydrogens (tertiary/aromatic N) is 1. The number of benzene rings is 1. The molecule has 0 aliphatic rings. The van der Waals surface area contributed by atoms with E-state index < -0.39 is 5.97 Å². The monoisotopic (exact) mass is 275 g/mol. The van der Waals surface area contributed by atoms with Gasteiger partial charge in [-0.1, -0.05) is 11.6 Å². The van der Waals surface area contributed by atoms with Crippen LogP contribution in [-0.4, -0.2) is 33.4 Å². The summed E-state index contributed by atoms with van der Waals surface area (Å²) >= 11 is 0. The lowest BCUT2D eigenvalue weighted by Gasteiger charge is -2.07. The van der Waals surface area contributed by atoms with Crippen LogP contribution in [0.5, 0.6) is 5.75 Å². The summed E-state index contributed by atoms with van der Waals surface area (Å²) in [5.74, 6) is -0.0823. The van der Waals surface area contributed by atoms with Crippen molar-refractivity contribution in [2.45, 2.75) is 6.92 Å². The molecule has 0 aliphatic carbocycles. The summed E-state index contributed by atoms with van der Waals surface area (Å²) in [5.41, 5.74) is 1.58. The molecule has 1 aromatic carbocycles. The zero-order chi connectivity index (χ0) is 15.0. The van der Waals surface area contributed by atoms with Crippen LogP contribution in [0.2, 0.25) is 0 Å². The molecule has 0 saturated carbocycles. The number of hydrogen-bond donors (Lipinski definition) is 0. The van der Waals surface area contributed by atoms with Crippen molar-refractivity contribution in [3.63, 3.8) is 0 Å². The van der Waals surface area contributed by atoms with Crippen LogP contribution >= 0.6 is 0 Å². The van der Waals surface area contributed by atoms with Crippen LogP contribution in [-0.2, 0) is 14.3 Å². The molecule has 0 saturated heterocycles. The minimum Gasteiger partial charge on any atom is -0.496 e. The highest BCUT2D eigenvalue weighted by Crippen LogP contribution is 2.22. The standard InChI is InChI=1S/C15H17NO4/c1-11-4-5-14(19-3)12(8-11)9-13(10-16)15(17)20-7-6-18-2/h4-5,8-9H,6-7H2,1-3H3/b13-9+. The Bertz CT molecular complexity index is 543. The first-order valence-electron chi connectivity index (χ1n) is 6.05. The molecule has 0 fully saturated rings. The van der Waals surface area contributed by atoms with E-state index in [0.29, 0.717) is 11.3 Å². The van der Waals surface area contributed by atoms with Gasteiger partial charge in [-0.15, -0.1) is 0 Å². The molecule has 20 heavy (non-hydrogen) atoms. The van der Waals surface area contributed by atoms with Crippen molar-refractivity contribution in [3.05, 3.63) is 34.9 Å². The number of rotatable bonds is 6. The number of esters is 1. The Balaban J connectivity index is 2.97. The highest BCUT2D eigenvalue weighted by atomic mass is 16.6. The summed E-state index contributed by atoms with van der Waals surface area (Å²) in [7, 11) is 3.04. The van der Waals surface area contributed by atoms with E-state index in [1.165, 1.54) is 20.3 Å². The molecule has 0 aliphatic heterocycles. The van der Waals surface area contributed by atoms with Gasteiger partial charge in [0.25, 0.3) is 0 Å². The van der Waals surface area contributed by atoms with Crippen molar-refractivity contribution in [1.29, 1.82) is 5.26 Å². The molecule has 0 aromatic heterocycles. The summed E-state index contributed by atoms with van der Waals surface area (Å²) in [4.78, 5) is 11.7. The van der Waals surface area contributed by atoms with E-state index in [-0.39, 0.29) is 18.8 Å². The first kappa shape index (κ1) is 15.7. The minimum atomic E-state index is -0.673. The first-order valence-corrected chi connectivity index (χ1v) is 6.05. The molecule has 5 nitrogen and oxygen atoms in total. The van der Waals surface area contributed by atoms with Gasteiger partial charge in [-0.25, -0.2) is 4.79 Å². The largest absolute Gasteiger partial charge is 0.496 e. The molecule has 106 valence electrons. The highest BCUT2D eigenvalue weighted by Gasteiger charge is 2.12. The molecule has 5 heteroatoms. The van der Waals surface area contributed by atoms with Gasteiger partial charge >= 0.3 is 5.97 Å². The smallest absolute Gasteiger partial charge is 0.348 e. The van der Waals surface area contributed by atoms with Gasteiger partial charge < -0.3 is 14.2 Å². The Morgan fingerprint density at radius 1 is 1.35 bits per heavy atom.